The minimum absolute atomic E-state index is 0. The van der Waals surface area contributed by atoms with Crippen LogP contribution in [0.1, 0.15) is 64.7 Å². The minimum Gasteiger partial charge on any atom is -0.217 e. The van der Waals surface area contributed by atoms with Gasteiger partial charge in [0.05, 0.1) is 0 Å². The van der Waals surface area contributed by atoms with Gasteiger partial charge in [0.15, 0.2) is 0 Å². The van der Waals surface area contributed by atoms with Crippen molar-refractivity contribution in [3.05, 3.63) is 0 Å². The van der Waals surface area contributed by atoms with Gasteiger partial charge in [-0.15, -0.1) is 12.4 Å². The first-order valence-corrected chi connectivity index (χ1v) is 7.82. The van der Waals surface area contributed by atoms with Crippen LogP contribution in [-0.2, 0) is 0 Å². The zero-order valence-corrected chi connectivity index (χ0v) is 12.8. The van der Waals surface area contributed by atoms with E-state index in [0.717, 1.165) is 31.5 Å². The monoisotopic (exact) mass is 276 g/mol. The number of likely N-dealkylation sites (tertiary alicyclic amines) is 1. The van der Waals surface area contributed by atoms with Crippen molar-refractivity contribution in [3.63, 3.8) is 0 Å². The quantitative estimate of drug-likeness (QED) is 0.755. The molecule has 108 valence electrons. The van der Waals surface area contributed by atoms with Gasteiger partial charge in [0.25, 0.3) is 0 Å². The lowest BCUT2D eigenvalue weighted by molar-refractivity contribution is -1.11. The fourth-order valence-electron chi connectivity index (χ4n) is 3.82. The van der Waals surface area contributed by atoms with Crippen LogP contribution in [0, 0.1) is 11.8 Å². The van der Waals surface area contributed by atoms with Gasteiger partial charge in [-0.2, -0.15) is 4.65 Å². The summed E-state index contributed by atoms with van der Waals surface area (Å²) in [6.07, 6.45) is 12.2. The molecule has 2 rings (SSSR count). The van der Waals surface area contributed by atoms with Crippen molar-refractivity contribution in [2.75, 3.05) is 19.6 Å². The first-order valence-electron chi connectivity index (χ1n) is 7.82. The summed E-state index contributed by atoms with van der Waals surface area (Å²) in [7, 11) is 0. The van der Waals surface area contributed by atoms with Gasteiger partial charge in [0, 0.05) is 12.8 Å². The van der Waals surface area contributed by atoms with E-state index in [9.17, 15) is 5.21 Å². The molecular weight excluding hydrogens is 246 g/mol. The van der Waals surface area contributed by atoms with Crippen molar-refractivity contribution in [2.24, 2.45) is 11.8 Å². The van der Waals surface area contributed by atoms with Crippen LogP contribution in [0.3, 0.4) is 0 Å². The third-order valence-electron chi connectivity index (χ3n) is 5.08. The van der Waals surface area contributed by atoms with Crippen molar-refractivity contribution in [3.8, 4) is 0 Å². The number of quaternary nitrogens is 1. The number of unbranched alkanes of at least 4 members (excludes halogenated alkanes) is 1. The Balaban J connectivity index is 0.00000162. The Morgan fingerprint density at radius 2 is 1.50 bits per heavy atom. The predicted octanol–water partition coefficient (Wildman–Crippen LogP) is 4.40. The van der Waals surface area contributed by atoms with Crippen LogP contribution in [0.5, 0.6) is 0 Å². The Labute approximate surface area is 119 Å². The summed E-state index contributed by atoms with van der Waals surface area (Å²) < 4.78 is 0.372. The highest BCUT2D eigenvalue weighted by atomic mass is 35.5. The largest absolute Gasteiger partial charge is 0.217 e. The van der Waals surface area contributed by atoms with Crippen LogP contribution in [0.4, 0.5) is 0 Å². The Kier molecular flexibility index (Phi) is 6.97. The zero-order chi connectivity index (χ0) is 12.1. The van der Waals surface area contributed by atoms with Gasteiger partial charge in [-0.1, -0.05) is 45.4 Å². The first-order chi connectivity index (χ1) is 8.23. The van der Waals surface area contributed by atoms with Crippen molar-refractivity contribution in [2.45, 2.75) is 64.7 Å². The van der Waals surface area contributed by atoms with Crippen LogP contribution in [0.2, 0.25) is 0 Å². The topological polar surface area (TPSA) is 20.2 Å². The molecule has 2 fully saturated rings. The lowest BCUT2D eigenvalue weighted by atomic mass is 9.76. The van der Waals surface area contributed by atoms with Gasteiger partial charge < -0.3 is 0 Å². The summed E-state index contributed by atoms with van der Waals surface area (Å²) in [6.45, 7) is 5.22. The standard InChI is InChI=1S/C15H30NO.ClH/c1-2-3-11-16(17)12-9-15(10-13-16)14-7-5-4-6-8-14;/h14-15,17H,2-13H2,1H3;1H/q+1;. The SMILES string of the molecule is CCCC[N+]1(O)CCC(C2CCCCC2)CC1.Cl. The molecule has 0 unspecified atom stereocenters. The normalized spacial score (nSPS) is 34.0. The predicted molar refractivity (Wildman–Crippen MR) is 78.1 cm³/mol. The highest BCUT2D eigenvalue weighted by Gasteiger charge is 2.35. The highest BCUT2D eigenvalue weighted by Crippen LogP contribution is 2.36. The smallest absolute Gasteiger partial charge is 0.109 e. The molecule has 18 heavy (non-hydrogen) atoms. The van der Waals surface area contributed by atoms with Gasteiger partial charge in [0.2, 0.25) is 0 Å². The first kappa shape index (κ1) is 16.3. The fraction of sp³-hybridized carbons (Fsp3) is 1.00. The molecule has 3 heteroatoms. The maximum atomic E-state index is 10.5. The third-order valence-corrected chi connectivity index (χ3v) is 5.08. The molecule has 1 saturated heterocycles. The molecule has 0 bridgehead atoms. The minimum atomic E-state index is 0. The summed E-state index contributed by atoms with van der Waals surface area (Å²) in [5.41, 5.74) is 0. The number of hydrogen-bond donors (Lipinski definition) is 1. The van der Waals surface area contributed by atoms with E-state index in [1.807, 2.05) is 0 Å². The third kappa shape index (κ3) is 4.40. The second kappa shape index (κ2) is 7.72. The van der Waals surface area contributed by atoms with Crippen LogP contribution in [0.15, 0.2) is 0 Å². The Hall–Kier alpha value is 0.210. The average Bonchev–Trinajstić information content (AvgIpc) is 2.38. The maximum absolute atomic E-state index is 10.5. The van der Waals surface area contributed by atoms with E-state index in [2.05, 4.69) is 6.92 Å². The van der Waals surface area contributed by atoms with Crippen LogP contribution < -0.4 is 0 Å². The van der Waals surface area contributed by atoms with Gasteiger partial charge in [-0.3, -0.25) is 0 Å². The molecule has 0 radical (unpaired) electrons. The van der Waals surface area contributed by atoms with E-state index in [0.29, 0.717) is 4.65 Å². The van der Waals surface area contributed by atoms with Crippen molar-refractivity contribution >= 4 is 12.4 Å². The van der Waals surface area contributed by atoms with Gasteiger partial charge in [-0.25, -0.2) is 5.21 Å². The maximum Gasteiger partial charge on any atom is 0.109 e. The molecule has 0 spiro atoms. The van der Waals surface area contributed by atoms with Crippen molar-refractivity contribution in [1.82, 2.24) is 0 Å². The summed E-state index contributed by atoms with van der Waals surface area (Å²) >= 11 is 0. The molecule has 1 saturated carbocycles. The molecule has 0 aromatic heterocycles. The summed E-state index contributed by atoms with van der Waals surface area (Å²) in [6, 6.07) is 0. The zero-order valence-electron chi connectivity index (χ0n) is 11.9. The molecule has 1 N–H and O–H groups in total. The highest BCUT2D eigenvalue weighted by molar-refractivity contribution is 5.85. The molecule has 0 atom stereocenters. The van der Waals surface area contributed by atoms with Gasteiger partial charge in [0.1, 0.15) is 19.6 Å². The molecular formula is C15H31ClNO+. The molecule has 1 aliphatic heterocycles. The molecule has 1 aliphatic carbocycles. The number of nitrogens with zero attached hydrogens (tertiary/aromatic N) is 1. The number of hydroxylamine groups is 3. The van der Waals surface area contributed by atoms with Crippen molar-refractivity contribution in [1.29, 1.82) is 0 Å². The summed E-state index contributed by atoms with van der Waals surface area (Å²) in [5, 5.41) is 10.5. The van der Waals surface area contributed by atoms with Crippen molar-refractivity contribution < 1.29 is 9.85 Å². The summed E-state index contributed by atoms with van der Waals surface area (Å²) in [5.74, 6) is 1.92. The van der Waals surface area contributed by atoms with E-state index in [1.165, 1.54) is 57.8 Å². The van der Waals surface area contributed by atoms with E-state index in [-0.39, 0.29) is 12.4 Å². The Morgan fingerprint density at radius 3 is 2.06 bits per heavy atom. The average molecular weight is 277 g/mol. The number of hydrogen-bond acceptors (Lipinski definition) is 1. The second-order valence-electron chi connectivity index (χ2n) is 6.35. The number of piperidine rings is 1. The van der Waals surface area contributed by atoms with Gasteiger partial charge >= 0.3 is 0 Å². The molecule has 2 aliphatic rings. The van der Waals surface area contributed by atoms with Crippen LogP contribution in [0.25, 0.3) is 0 Å². The molecule has 0 amide bonds. The number of rotatable bonds is 4. The van der Waals surface area contributed by atoms with E-state index in [1.54, 1.807) is 0 Å². The van der Waals surface area contributed by atoms with Crippen LogP contribution in [-0.4, -0.2) is 29.5 Å². The Morgan fingerprint density at radius 1 is 0.944 bits per heavy atom. The lowest BCUT2D eigenvalue weighted by Gasteiger charge is -2.40. The van der Waals surface area contributed by atoms with E-state index in [4.69, 9.17) is 0 Å². The molecule has 0 aromatic rings. The number of halogens is 1. The second-order valence-corrected chi connectivity index (χ2v) is 6.35. The summed E-state index contributed by atoms with van der Waals surface area (Å²) in [4.78, 5) is 0. The Bertz CT molecular complexity index is 221. The lowest BCUT2D eigenvalue weighted by Crippen LogP contribution is -2.51. The van der Waals surface area contributed by atoms with E-state index < -0.39 is 0 Å². The molecule has 2 nitrogen and oxygen atoms in total. The van der Waals surface area contributed by atoms with E-state index >= 15 is 0 Å². The molecule has 0 aromatic carbocycles. The van der Waals surface area contributed by atoms with Gasteiger partial charge in [-0.05, 0) is 18.3 Å². The van der Waals surface area contributed by atoms with Crippen LogP contribution >= 0.6 is 12.4 Å². The fourth-order valence-corrected chi connectivity index (χ4v) is 3.82. The molecule has 1 heterocycles.